The molecule has 134 valence electrons. The molecule has 3 rings (SSSR count). The Morgan fingerprint density at radius 2 is 2.04 bits per heavy atom. The minimum Gasteiger partial charge on any atom is -0.379 e. The average Bonchev–Trinajstić information content (AvgIpc) is 3.04. The van der Waals surface area contributed by atoms with Crippen molar-refractivity contribution in [3.63, 3.8) is 0 Å². The molecule has 3 atom stereocenters. The van der Waals surface area contributed by atoms with Crippen molar-refractivity contribution < 1.29 is 17.9 Å². The van der Waals surface area contributed by atoms with Gasteiger partial charge >= 0.3 is 6.18 Å². The van der Waals surface area contributed by atoms with Gasteiger partial charge in [-0.15, -0.1) is 0 Å². The van der Waals surface area contributed by atoms with E-state index in [2.05, 4.69) is 10.6 Å². The molecule has 3 unspecified atom stereocenters. The van der Waals surface area contributed by atoms with Crippen LogP contribution in [0.1, 0.15) is 30.4 Å². The van der Waals surface area contributed by atoms with Crippen molar-refractivity contribution in [3.8, 4) is 0 Å². The molecule has 2 N–H and O–H groups in total. The number of benzene rings is 1. The van der Waals surface area contributed by atoms with Crippen molar-refractivity contribution in [3.05, 3.63) is 35.4 Å². The molecule has 6 heteroatoms. The standard InChI is InChI=1S/C18H25F3N2O/c19-18(20,21)15-6-2-1-4-13(15)8-9-22-16-7-3-5-14(16)17-12-24-11-10-23-17/h1-2,4,6,14,16-17,22-23H,3,5,7-12H2. The van der Waals surface area contributed by atoms with Crippen LogP contribution in [0.5, 0.6) is 0 Å². The maximum absolute atomic E-state index is 13.0. The second kappa shape index (κ2) is 7.85. The van der Waals surface area contributed by atoms with E-state index in [1.165, 1.54) is 12.5 Å². The Labute approximate surface area is 141 Å². The number of alkyl halides is 3. The zero-order chi connectivity index (χ0) is 17.0. The molecule has 1 saturated carbocycles. The van der Waals surface area contributed by atoms with E-state index in [0.29, 0.717) is 36.5 Å². The molecular weight excluding hydrogens is 317 g/mol. The number of hydrogen-bond acceptors (Lipinski definition) is 3. The molecule has 24 heavy (non-hydrogen) atoms. The number of hydrogen-bond donors (Lipinski definition) is 2. The van der Waals surface area contributed by atoms with Crippen LogP contribution >= 0.6 is 0 Å². The molecule has 2 fully saturated rings. The molecule has 0 spiro atoms. The molecular formula is C18H25F3N2O. The molecule has 1 saturated heterocycles. The van der Waals surface area contributed by atoms with Crippen molar-refractivity contribution in [1.29, 1.82) is 0 Å². The first-order chi connectivity index (χ1) is 11.6. The Morgan fingerprint density at radius 3 is 2.79 bits per heavy atom. The van der Waals surface area contributed by atoms with Gasteiger partial charge in [0.2, 0.25) is 0 Å². The number of halogens is 3. The number of nitrogens with one attached hydrogen (secondary N) is 2. The molecule has 1 aromatic carbocycles. The second-order valence-electron chi connectivity index (χ2n) is 6.70. The van der Waals surface area contributed by atoms with Crippen LogP contribution in [0, 0.1) is 5.92 Å². The fourth-order valence-electron chi connectivity index (χ4n) is 3.99. The summed E-state index contributed by atoms with van der Waals surface area (Å²) in [6.45, 7) is 2.95. The van der Waals surface area contributed by atoms with Gasteiger partial charge in [-0.1, -0.05) is 24.6 Å². The van der Waals surface area contributed by atoms with E-state index in [9.17, 15) is 13.2 Å². The topological polar surface area (TPSA) is 33.3 Å². The van der Waals surface area contributed by atoms with Gasteiger partial charge in [-0.3, -0.25) is 0 Å². The van der Waals surface area contributed by atoms with Crippen LogP contribution in [-0.2, 0) is 17.3 Å². The van der Waals surface area contributed by atoms with E-state index < -0.39 is 11.7 Å². The fraction of sp³-hybridized carbons (Fsp3) is 0.667. The fourth-order valence-corrected chi connectivity index (χ4v) is 3.99. The average molecular weight is 342 g/mol. The maximum Gasteiger partial charge on any atom is 0.416 e. The highest BCUT2D eigenvalue weighted by Crippen LogP contribution is 2.32. The van der Waals surface area contributed by atoms with Crippen LogP contribution in [0.15, 0.2) is 24.3 Å². The van der Waals surface area contributed by atoms with Gasteiger partial charge in [0.1, 0.15) is 0 Å². The van der Waals surface area contributed by atoms with Gasteiger partial charge in [0, 0.05) is 18.6 Å². The minimum absolute atomic E-state index is 0.362. The SMILES string of the molecule is FC(F)(F)c1ccccc1CCNC1CCCC1C1COCCN1. The third-order valence-corrected chi connectivity index (χ3v) is 5.16. The van der Waals surface area contributed by atoms with E-state index in [4.69, 9.17) is 4.74 Å². The van der Waals surface area contributed by atoms with Crippen molar-refractivity contribution >= 4 is 0 Å². The Kier molecular flexibility index (Phi) is 5.79. The summed E-state index contributed by atoms with van der Waals surface area (Å²) in [6.07, 6.45) is -0.482. The van der Waals surface area contributed by atoms with Gasteiger partial charge in [0.05, 0.1) is 18.8 Å². The van der Waals surface area contributed by atoms with Crippen molar-refractivity contribution in [2.75, 3.05) is 26.3 Å². The Morgan fingerprint density at radius 1 is 1.21 bits per heavy atom. The van der Waals surface area contributed by atoms with Crippen LogP contribution in [0.4, 0.5) is 13.2 Å². The van der Waals surface area contributed by atoms with Gasteiger partial charge in [0.15, 0.2) is 0 Å². The predicted octanol–water partition coefficient (Wildman–Crippen LogP) is 2.99. The van der Waals surface area contributed by atoms with E-state index >= 15 is 0 Å². The molecule has 2 aliphatic rings. The number of ether oxygens (including phenoxy) is 1. The Balaban J connectivity index is 1.54. The van der Waals surface area contributed by atoms with Gasteiger partial charge in [-0.25, -0.2) is 0 Å². The van der Waals surface area contributed by atoms with E-state index in [0.717, 1.165) is 38.7 Å². The Bertz CT molecular complexity index is 529. The summed E-state index contributed by atoms with van der Waals surface area (Å²) in [4.78, 5) is 0. The normalized spacial score (nSPS) is 28.2. The summed E-state index contributed by atoms with van der Waals surface area (Å²) in [6, 6.07) is 6.58. The monoisotopic (exact) mass is 342 g/mol. The molecule has 1 aliphatic carbocycles. The second-order valence-corrected chi connectivity index (χ2v) is 6.70. The summed E-state index contributed by atoms with van der Waals surface area (Å²) in [5.41, 5.74) is -0.150. The number of morpholine rings is 1. The molecule has 1 aromatic rings. The lowest BCUT2D eigenvalue weighted by molar-refractivity contribution is -0.138. The quantitative estimate of drug-likeness (QED) is 0.863. The van der Waals surface area contributed by atoms with E-state index in [-0.39, 0.29) is 0 Å². The Hall–Kier alpha value is -1.11. The first-order valence-corrected chi connectivity index (χ1v) is 8.75. The van der Waals surface area contributed by atoms with Crippen molar-refractivity contribution in [2.45, 2.75) is 43.9 Å². The van der Waals surface area contributed by atoms with Gasteiger partial charge < -0.3 is 15.4 Å². The largest absolute Gasteiger partial charge is 0.416 e. The molecule has 0 bridgehead atoms. The van der Waals surface area contributed by atoms with Crippen LogP contribution in [0.3, 0.4) is 0 Å². The molecule has 0 radical (unpaired) electrons. The van der Waals surface area contributed by atoms with Crippen LogP contribution in [-0.4, -0.2) is 38.4 Å². The predicted molar refractivity (Wildman–Crippen MR) is 86.9 cm³/mol. The lowest BCUT2D eigenvalue weighted by Gasteiger charge is -2.33. The summed E-state index contributed by atoms with van der Waals surface area (Å²) in [7, 11) is 0. The molecule has 0 aromatic heterocycles. The van der Waals surface area contributed by atoms with Gasteiger partial charge in [0.25, 0.3) is 0 Å². The maximum atomic E-state index is 13.0. The lowest BCUT2D eigenvalue weighted by Crippen LogP contribution is -2.51. The summed E-state index contributed by atoms with van der Waals surface area (Å²) >= 11 is 0. The zero-order valence-corrected chi connectivity index (χ0v) is 13.7. The highest BCUT2D eigenvalue weighted by atomic mass is 19.4. The van der Waals surface area contributed by atoms with Crippen LogP contribution < -0.4 is 10.6 Å². The van der Waals surface area contributed by atoms with Crippen molar-refractivity contribution in [2.24, 2.45) is 5.92 Å². The third kappa shape index (κ3) is 4.29. The third-order valence-electron chi connectivity index (χ3n) is 5.16. The van der Waals surface area contributed by atoms with Crippen molar-refractivity contribution in [1.82, 2.24) is 10.6 Å². The van der Waals surface area contributed by atoms with Crippen LogP contribution in [0.2, 0.25) is 0 Å². The first kappa shape index (κ1) is 17.7. The molecule has 0 amide bonds. The van der Waals surface area contributed by atoms with Gasteiger partial charge in [-0.2, -0.15) is 13.2 Å². The molecule has 3 nitrogen and oxygen atoms in total. The summed E-state index contributed by atoms with van der Waals surface area (Å²) in [5, 5.41) is 7.01. The number of rotatable bonds is 5. The highest BCUT2D eigenvalue weighted by Gasteiger charge is 2.35. The van der Waals surface area contributed by atoms with E-state index in [1.807, 2.05) is 0 Å². The summed E-state index contributed by atoms with van der Waals surface area (Å²) in [5.74, 6) is 0.503. The summed E-state index contributed by atoms with van der Waals surface area (Å²) < 4.78 is 44.7. The minimum atomic E-state index is -4.28. The molecule has 1 heterocycles. The lowest BCUT2D eigenvalue weighted by atomic mass is 9.93. The highest BCUT2D eigenvalue weighted by molar-refractivity contribution is 5.29. The molecule has 1 aliphatic heterocycles. The zero-order valence-electron chi connectivity index (χ0n) is 13.7. The van der Waals surface area contributed by atoms with Crippen LogP contribution in [0.25, 0.3) is 0 Å². The smallest absolute Gasteiger partial charge is 0.379 e. The first-order valence-electron chi connectivity index (χ1n) is 8.75. The van der Waals surface area contributed by atoms with E-state index in [1.54, 1.807) is 12.1 Å². The van der Waals surface area contributed by atoms with Gasteiger partial charge in [-0.05, 0) is 43.4 Å².